The summed E-state index contributed by atoms with van der Waals surface area (Å²) in [5, 5.41) is 8.31. The molecule has 0 aliphatic carbocycles. The second-order valence-electron chi connectivity index (χ2n) is 4.07. The van der Waals surface area contributed by atoms with Crippen LogP contribution in [0.15, 0.2) is 36.7 Å². The van der Waals surface area contributed by atoms with E-state index in [-0.39, 0.29) is 0 Å². The van der Waals surface area contributed by atoms with Gasteiger partial charge < -0.3 is 5.32 Å². The lowest BCUT2D eigenvalue weighted by Gasteiger charge is -2.06. The van der Waals surface area contributed by atoms with E-state index in [1.54, 1.807) is 0 Å². The summed E-state index contributed by atoms with van der Waals surface area (Å²) in [4.78, 5) is 0. The standard InChI is InChI=1S/C13H16ClN3/c1-10(15-2)12-7-16-17(9-12)8-11-5-3-4-6-13(11)14/h3-7,9-10,15H,8H2,1-2H3. The summed E-state index contributed by atoms with van der Waals surface area (Å²) in [5.74, 6) is 0. The van der Waals surface area contributed by atoms with Crippen molar-refractivity contribution in [2.75, 3.05) is 7.05 Å². The third-order valence-corrected chi connectivity index (χ3v) is 3.25. The summed E-state index contributed by atoms with van der Waals surface area (Å²) in [6, 6.07) is 8.16. The van der Waals surface area contributed by atoms with E-state index >= 15 is 0 Å². The van der Waals surface area contributed by atoms with E-state index in [2.05, 4.69) is 17.3 Å². The molecular weight excluding hydrogens is 234 g/mol. The minimum absolute atomic E-state index is 0.315. The lowest BCUT2D eigenvalue weighted by molar-refractivity contribution is 0.646. The number of benzene rings is 1. The van der Waals surface area contributed by atoms with Gasteiger partial charge in [0.1, 0.15) is 0 Å². The van der Waals surface area contributed by atoms with Crippen LogP contribution in [0, 0.1) is 0 Å². The van der Waals surface area contributed by atoms with Crippen LogP contribution >= 0.6 is 11.6 Å². The molecule has 0 spiro atoms. The molecule has 2 aromatic rings. The van der Waals surface area contributed by atoms with E-state index in [0.29, 0.717) is 12.6 Å². The highest BCUT2D eigenvalue weighted by molar-refractivity contribution is 6.31. The van der Waals surface area contributed by atoms with Gasteiger partial charge in [0.15, 0.2) is 0 Å². The normalized spacial score (nSPS) is 12.6. The van der Waals surface area contributed by atoms with Gasteiger partial charge in [-0.25, -0.2) is 0 Å². The highest BCUT2D eigenvalue weighted by Crippen LogP contribution is 2.17. The van der Waals surface area contributed by atoms with Crippen LogP contribution in [0.4, 0.5) is 0 Å². The zero-order valence-electron chi connectivity index (χ0n) is 10.0. The second kappa shape index (κ2) is 5.34. The topological polar surface area (TPSA) is 29.9 Å². The Balaban J connectivity index is 2.14. The minimum atomic E-state index is 0.315. The third-order valence-electron chi connectivity index (χ3n) is 2.88. The van der Waals surface area contributed by atoms with Crippen LogP contribution in [0.5, 0.6) is 0 Å². The second-order valence-corrected chi connectivity index (χ2v) is 4.48. The molecule has 0 aliphatic rings. The van der Waals surface area contributed by atoms with Gasteiger partial charge in [-0.1, -0.05) is 29.8 Å². The Bertz CT molecular complexity index is 493. The average molecular weight is 250 g/mol. The number of hydrogen-bond acceptors (Lipinski definition) is 2. The average Bonchev–Trinajstić information content (AvgIpc) is 2.80. The van der Waals surface area contributed by atoms with Crippen molar-refractivity contribution < 1.29 is 0 Å². The van der Waals surface area contributed by atoms with Crippen molar-refractivity contribution in [3.63, 3.8) is 0 Å². The molecule has 1 aromatic heterocycles. The fourth-order valence-electron chi connectivity index (χ4n) is 1.66. The Kier molecular flexibility index (Phi) is 3.82. The molecule has 1 unspecified atom stereocenters. The monoisotopic (exact) mass is 249 g/mol. The van der Waals surface area contributed by atoms with Crippen molar-refractivity contribution in [1.82, 2.24) is 15.1 Å². The summed E-state index contributed by atoms with van der Waals surface area (Å²) in [7, 11) is 1.94. The number of rotatable bonds is 4. The maximum absolute atomic E-state index is 6.12. The van der Waals surface area contributed by atoms with Crippen LogP contribution in [0.2, 0.25) is 5.02 Å². The Morgan fingerprint density at radius 2 is 2.18 bits per heavy atom. The van der Waals surface area contributed by atoms with Gasteiger partial charge in [0, 0.05) is 22.8 Å². The summed E-state index contributed by atoms with van der Waals surface area (Å²) in [5.41, 5.74) is 2.26. The SMILES string of the molecule is CNC(C)c1cnn(Cc2ccccc2Cl)c1. The Labute approximate surface area is 106 Å². The summed E-state index contributed by atoms with van der Waals surface area (Å²) >= 11 is 6.12. The van der Waals surface area contributed by atoms with Gasteiger partial charge in [0.25, 0.3) is 0 Å². The largest absolute Gasteiger partial charge is 0.313 e. The maximum Gasteiger partial charge on any atom is 0.0674 e. The first kappa shape index (κ1) is 12.1. The molecule has 4 heteroatoms. The predicted molar refractivity (Wildman–Crippen MR) is 70.3 cm³/mol. The van der Waals surface area contributed by atoms with Gasteiger partial charge in [0.05, 0.1) is 12.7 Å². The Morgan fingerprint density at radius 1 is 1.41 bits per heavy atom. The third kappa shape index (κ3) is 2.87. The molecule has 1 atom stereocenters. The molecular formula is C13H16ClN3. The molecule has 0 amide bonds. The molecule has 0 aliphatic heterocycles. The van der Waals surface area contributed by atoms with Crippen molar-refractivity contribution in [3.05, 3.63) is 52.8 Å². The van der Waals surface area contributed by atoms with Crippen molar-refractivity contribution in [3.8, 4) is 0 Å². The number of hydrogen-bond donors (Lipinski definition) is 1. The molecule has 1 aromatic carbocycles. The lowest BCUT2D eigenvalue weighted by Crippen LogP contribution is -2.11. The highest BCUT2D eigenvalue weighted by Gasteiger charge is 2.06. The molecule has 2 rings (SSSR count). The lowest BCUT2D eigenvalue weighted by atomic mass is 10.2. The first-order chi connectivity index (χ1) is 8.20. The minimum Gasteiger partial charge on any atom is -0.313 e. The van der Waals surface area contributed by atoms with E-state index in [1.807, 2.05) is 48.4 Å². The molecule has 90 valence electrons. The smallest absolute Gasteiger partial charge is 0.0674 e. The summed E-state index contributed by atoms with van der Waals surface area (Å²) in [6.45, 7) is 2.81. The van der Waals surface area contributed by atoms with Gasteiger partial charge in [0.2, 0.25) is 0 Å². The maximum atomic E-state index is 6.12. The number of nitrogens with one attached hydrogen (secondary N) is 1. The molecule has 0 saturated carbocycles. The quantitative estimate of drug-likeness (QED) is 0.903. The number of halogens is 1. The van der Waals surface area contributed by atoms with Crippen LogP contribution < -0.4 is 5.32 Å². The van der Waals surface area contributed by atoms with Gasteiger partial charge in [-0.2, -0.15) is 5.10 Å². The van der Waals surface area contributed by atoms with Crippen LogP contribution in [-0.4, -0.2) is 16.8 Å². The van der Waals surface area contributed by atoms with E-state index in [1.165, 1.54) is 5.56 Å². The molecule has 0 radical (unpaired) electrons. The van der Waals surface area contributed by atoms with Crippen LogP contribution in [0.3, 0.4) is 0 Å². The first-order valence-electron chi connectivity index (χ1n) is 5.63. The molecule has 3 nitrogen and oxygen atoms in total. The van der Waals surface area contributed by atoms with Crippen molar-refractivity contribution in [2.45, 2.75) is 19.5 Å². The van der Waals surface area contributed by atoms with E-state index in [0.717, 1.165) is 10.6 Å². The molecule has 0 saturated heterocycles. The zero-order chi connectivity index (χ0) is 12.3. The molecule has 0 fully saturated rings. The summed E-state index contributed by atoms with van der Waals surface area (Å²) in [6.07, 6.45) is 3.93. The number of aromatic nitrogens is 2. The zero-order valence-corrected chi connectivity index (χ0v) is 10.8. The van der Waals surface area contributed by atoms with E-state index < -0.39 is 0 Å². The fraction of sp³-hybridized carbons (Fsp3) is 0.308. The first-order valence-corrected chi connectivity index (χ1v) is 6.01. The molecule has 1 heterocycles. The van der Waals surface area contributed by atoms with Crippen LogP contribution in [-0.2, 0) is 6.54 Å². The van der Waals surface area contributed by atoms with Crippen molar-refractivity contribution in [2.24, 2.45) is 0 Å². The van der Waals surface area contributed by atoms with Crippen LogP contribution in [0.1, 0.15) is 24.1 Å². The highest BCUT2D eigenvalue weighted by atomic mass is 35.5. The van der Waals surface area contributed by atoms with E-state index in [9.17, 15) is 0 Å². The molecule has 17 heavy (non-hydrogen) atoms. The Hall–Kier alpha value is -1.32. The van der Waals surface area contributed by atoms with Gasteiger partial charge in [-0.15, -0.1) is 0 Å². The number of nitrogens with zero attached hydrogens (tertiary/aromatic N) is 2. The fourth-order valence-corrected chi connectivity index (χ4v) is 1.85. The van der Waals surface area contributed by atoms with Gasteiger partial charge in [-0.3, -0.25) is 4.68 Å². The summed E-state index contributed by atoms with van der Waals surface area (Å²) < 4.78 is 1.91. The van der Waals surface area contributed by atoms with Gasteiger partial charge >= 0.3 is 0 Å². The molecule has 1 N–H and O–H groups in total. The predicted octanol–water partition coefficient (Wildman–Crippen LogP) is 2.87. The Morgan fingerprint density at radius 3 is 2.88 bits per heavy atom. The van der Waals surface area contributed by atoms with Crippen molar-refractivity contribution >= 4 is 11.6 Å². The molecule has 0 bridgehead atoms. The van der Waals surface area contributed by atoms with Gasteiger partial charge in [-0.05, 0) is 25.6 Å². The van der Waals surface area contributed by atoms with Crippen LogP contribution in [0.25, 0.3) is 0 Å². The van der Waals surface area contributed by atoms with Crippen molar-refractivity contribution in [1.29, 1.82) is 0 Å². The van der Waals surface area contributed by atoms with E-state index in [4.69, 9.17) is 11.6 Å².